The number of pyridine rings is 1. The summed E-state index contributed by atoms with van der Waals surface area (Å²) in [5.74, 6) is 0.117. The number of rotatable bonds is 3. The van der Waals surface area contributed by atoms with Gasteiger partial charge < -0.3 is 16.0 Å². The molecule has 6 heteroatoms. The molecule has 3 N–H and O–H groups in total. The highest BCUT2D eigenvalue weighted by atomic mass is 19.1. The van der Waals surface area contributed by atoms with Crippen LogP contribution in [0.15, 0.2) is 30.5 Å². The fraction of sp³-hybridized carbons (Fsp3) is 0.294. The third-order valence-corrected chi connectivity index (χ3v) is 3.85. The van der Waals surface area contributed by atoms with Crippen LogP contribution in [0.1, 0.15) is 11.1 Å². The summed E-state index contributed by atoms with van der Waals surface area (Å²) < 4.78 is 13.9. The van der Waals surface area contributed by atoms with Crippen LogP contribution in [0.3, 0.4) is 0 Å². The lowest BCUT2D eigenvalue weighted by molar-refractivity contribution is -0.117. The highest BCUT2D eigenvalue weighted by Gasteiger charge is 2.24. The van der Waals surface area contributed by atoms with Crippen molar-refractivity contribution >= 4 is 11.7 Å². The Morgan fingerprint density at radius 2 is 2.13 bits per heavy atom. The zero-order chi connectivity index (χ0) is 16.6. The van der Waals surface area contributed by atoms with E-state index in [0.717, 1.165) is 16.7 Å². The normalized spacial score (nSPS) is 17.1. The van der Waals surface area contributed by atoms with Crippen LogP contribution in [-0.2, 0) is 17.8 Å². The Kier molecular flexibility index (Phi) is 4.11. The Labute approximate surface area is 134 Å². The fourth-order valence-corrected chi connectivity index (χ4v) is 2.69. The molecule has 0 fully saturated rings. The highest BCUT2D eigenvalue weighted by Crippen LogP contribution is 2.27. The summed E-state index contributed by atoms with van der Waals surface area (Å²) in [4.78, 5) is 17.8. The van der Waals surface area contributed by atoms with Crippen molar-refractivity contribution < 1.29 is 9.18 Å². The van der Waals surface area contributed by atoms with Gasteiger partial charge in [-0.25, -0.2) is 9.37 Å². The van der Waals surface area contributed by atoms with Gasteiger partial charge in [-0.2, -0.15) is 0 Å². The standard InChI is InChI=1S/C17H19FN4O/c1-22(2)9-13-5-10(3-4-14(13)18)12-6-11-7-15(19)17(23)21-16(11)20-8-12/h3-6,8,15H,7,9,19H2,1-2H3,(H,20,21,23). The molecule has 2 aromatic rings. The van der Waals surface area contributed by atoms with Gasteiger partial charge in [0.1, 0.15) is 11.6 Å². The summed E-state index contributed by atoms with van der Waals surface area (Å²) in [5, 5.41) is 2.69. The number of anilines is 1. The molecule has 1 aromatic carbocycles. The minimum absolute atomic E-state index is 0.215. The Bertz CT molecular complexity index is 760. The van der Waals surface area contributed by atoms with Gasteiger partial charge in [0.25, 0.3) is 0 Å². The van der Waals surface area contributed by atoms with Gasteiger partial charge in [0.15, 0.2) is 0 Å². The van der Waals surface area contributed by atoms with Crippen molar-refractivity contribution in [1.82, 2.24) is 9.88 Å². The number of nitrogens with two attached hydrogens (primary N) is 1. The topological polar surface area (TPSA) is 71.2 Å². The van der Waals surface area contributed by atoms with E-state index in [1.165, 1.54) is 6.07 Å². The minimum Gasteiger partial charge on any atom is -0.320 e. The summed E-state index contributed by atoms with van der Waals surface area (Å²) >= 11 is 0. The Morgan fingerprint density at radius 1 is 1.35 bits per heavy atom. The lowest BCUT2D eigenvalue weighted by Crippen LogP contribution is -2.41. The monoisotopic (exact) mass is 314 g/mol. The number of carbonyl (C=O) groups excluding carboxylic acids is 1. The van der Waals surface area contributed by atoms with Gasteiger partial charge in [-0.3, -0.25) is 4.79 Å². The fourth-order valence-electron chi connectivity index (χ4n) is 2.69. The molecule has 0 radical (unpaired) electrons. The first kappa shape index (κ1) is 15.6. The molecule has 2 heterocycles. The number of hydrogen-bond acceptors (Lipinski definition) is 4. The molecule has 23 heavy (non-hydrogen) atoms. The number of halogens is 1. The maximum absolute atomic E-state index is 13.9. The van der Waals surface area contributed by atoms with Crippen molar-refractivity contribution in [2.24, 2.45) is 5.73 Å². The number of nitrogens with zero attached hydrogens (tertiary/aromatic N) is 2. The van der Waals surface area contributed by atoms with Crippen molar-refractivity contribution in [1.29, 1.82) is 0 Å². The number of aromatic nitrogens is 1. The Hall–Kier alpha value is -2.31. The van der Waals surface area contributed by atoms with Gasteiger partial charge in [0, 0.05) is 30.3 Å². The van der Waals surface area contributed by atoms with Crippen LogP contribution in [0.2, 0.25) is 0 Å². The molecule has 1 aliphatic rings. The Balaban J connectivity index is 1.96. The number of fused-ring (bicyclic) bond motifs is 1. The number of benzene rings is 1. The summed E-state index contributed by atoms with van der Waals surface area (Å²) in [6.07, 6.45) is 2.14. The minimum atomic E-state index is -0.558. The maximum atomic E-state index is 13.9. The van der Waals surface area contributed by atoms with Crippen LogP contribution >= 0.6 is 0 Å². The molecule has 120 valence electrons. The molecule has 0 saturated carbocycles. The van der Waals surface area contributed by atoms with Gasteiger partial charge >= 0.3 is 0 Å². The van der Waals surface area contributed by atoms with Crippen LogP contribution in [0, 0.1) is 5.82 Å². The van der Waals surface area contributed by atoms with E-state index < -0.39 is 6.04 Å². The maximum Gasteiger partial charge on any atom is 0.242 e. The molecule has 1 unspecified atom stereocenters. The van der Waals surface area contributed by atoms with E-state index in [4.69, 9.17) is 5.73 Å². The van der Waals surface area contributed by atoms with E-state index >= 15 is 0 Å². The molecule has 1 amide bonds. The van der Waals surface area contributed by atoms with Gasteiger partial charge in [0.05, 0.1) is 6.04 Å². The van der Waals surface area contributed by atoms with E-state index in [1.807, 2.05) is 31.1 Å². The second kappa shape index (κ2) is 6.06. The van der Waals surface area contributed by atoms with Crippen LogP contribution in [0.4, 0.5) is 10.2 Å². The molecule has 0 spiro atoms. The van der Waals surface area contributed by atoms with Crippen LogP contribution in [0.25, 0.3) is 11.1 Å². The Morgan fingerprint density at radius 3 is 2.87 bits per heavy atom. The smallest absolute Gasteiger partial charge is 0.242 e. The quantitative estimate of drug-likeness (QED) is 0.906. The molecule has 0 aliphatic carbocycles. The molecule has 1 aliphatic heterocycles. The average molecular weight is 314 g/mol. The van der Waals surface area contributed by atoms with Gasteiger partial charge in [-0.15, -0.1) is 0 Å². The average Bonchev–Trinajstić information content (AvgIpc) is 2.50. The van der Waals surface area contributed by atoms with Crippen molar-refractivity contribution in [3.8, 4) is 11.1 Å². The zero-order valence-corrected chi connectivity index (χ0v) is 13.1. The van der Waals surface area contributed by atoms with E-state index in [-0.39, 0.29) is 11.7 Å². The number of amides is 1. The lowest BCUT2D eigenvalue weighted by Gasteiger charge is -2.21. The summed E-state index contributed by atoms with van der Waals surface area (Å²) in [6.45, 7) is 0.527. The summed E-state index contributed by atoms with van der Waals surface area (Å²) in [5.41, 5.74) is 9.09. The van der Waals surface area contributed by atoms with Gasteiger partial charge in [-0.1, -0.05) is 6.07 Å². The van der Waals surface area contributed by atoms with E-state index in [0.29, 0.717) is 24.3 Å². The van der Waals surface area contributed by atoms with Crippen molar-refractivity contribution in [2.45, 2.75) is 19.0 Å². The predicted molar refractivity (Wildman–Crippen MR) is 87.3 cm³/mol. The molecule has 1 atom stereocenters. The van der Waals surface area contributed by atoms with Gasteiger partial charge in [0.2, 0.25) is 5.91 Å². The van der Waals surface area contributed by atoms with Crippen LogP contribution in [0.5, 0.6) is 0 Å². The van der Waals surface area contributed by atoms with E-state index in [9.17, 15) is 9.18 Å². The zero-order valence-electron chi connectivity index (χ0n) is 13.1. The molecular weight excluding hydrogens is 295 g/mol. The molecular formula is C17H19FN4O. The molecule has 3 rings (SSSR count). The van der Waals surface area contributed by atoms with E-state index in [1.54, 1.807) is 12.3 Å². The number of carbonyl (C=O) groups is 1. The molecule has 0 saturated heterocycles. The first-order valence-corrected chi connectivity index (χ1v) is 7.43. The number of nitrogens with one attached hydrogen (secondary N) is 1. The second-order valence-corrected chi connectivity index (χ2v) is 6.08. The molecule has 5 nitrogen and oxygen atoms in total. The number of hydrogen-bond donors (Lipinski definition) is 2. The van der Waals surface area contributed by atoms with E-state index in [2.05, 4.69) is 10.3 Å². The first-order chi connectivity index (χ1) is 10.9. The SMILES string of the molecule is CN(C)Cc1cc(-c2cnc3c(c2)CC(N)C(=O)N3)ccc1F. The van der Waals surface area contributed by atoms with Crippen molar-refractivity contribution in [3.05, 3.63) is 47.4 Å². The van der Waals surface area contributed by atoms with Crippen molar-refractivity contribution in [3.63, 3.8) is 0 Å². The summed E-state index contributed by atoms with van der Waals surface area (Å²) in [6, 6.07) is 6.44. The molecule has 0 bridgehead atoms. The van der Waals surface area contributed by atoms with Crippen LogP contribution in [-0.4, -0.2) is 35.9 Å². The lowest BCUT2D eigenvalue weighted by atomic mass is 9.98. The third kappa shape index (κ3) is 3.23. The highest BCUT2D eigenvalue weighted by molar-refractivity contribution is 5.97. The largest absolute Gasteiger partial charge is 0.320 e. The van der Waals surface area contributed by atoms with Gasteiger partial charge in [-0.05, 0) is 43.4 Å². The molecule has 1 aromatic heterocycles. The predicted octanol–water partition coefficient (Wildman–Crippen LogP) is 1.77. The third-order valence-electron chi connectivity index (χ3n) is 3.85. The second-order valence-electron chi connectivity index (χ2n) is 6.08. The van der Waals surface area contributed by atoms with Crippen LogP contribution < -0.4 is 11.1 Å². The summed E-state index contributed by atoms with van der Waals surface area (Å²) in [7, 11) is 3.80. The first-order valence-electron chi connectivity index (χ1n) is 7.43. The van der Waals surface area contributed by atoms with Crippen molar-refractivity contribution in [2.75, 3.05) is 19.4 Å².